The number of anilines is 1. The van der Waals surface area contributed by atoms with Crippen molar-refractivity contribution < 1.29 is 4.39 Å². The topological polar surface area (TPSA) is 43.8 Å². The molecule has 0 bridgehead atoms. The molecule has 0 aliphatic heterocycles. The highest BCUT2D eigenvalue weighted by Crippen LogP contribution is 2.40. The highest BCUT2D eigenvalue weighted by molar-refractivity contribution is 5.78. The second-order valence-electron chi connectivity index (χ2n) is 4.69. The molecule has 84 valence electrons. The maximum Gasteiger partial charge on any atom is 0.201 e. The number of nitrogens with zero attached hydrogens (tertiary/aromatic N) is 2. The first-order valence-corrected chi connectivity index (χ1v) is 5.56. The Labute approximate surface area is 93.1 Å². The largest absolute Gasteiger partial charge is 0.369 e. The molecule has 0 amide bonds. The molecule has 3 nitrogen and oxygen atoms in total. The van der Waals surface area contributed by atoms with Crippen LogP contribution < -0.4 is 5.73 Å². The lowest BCUT2D eigenvalue weighted by Gasteiger charge is -2.05. The van der Waals surface area contributed by atoms with Gasteiger partial charge in [0.2, 0.25) is 5.95 Å². The molecule has 3 rings (SSSR count). The molecule has 1 fully saturated rings. The van der Waals surface area contributed by atoms with Crippen LogP contribution in [0.1, 0.15) is 13.3 Å². The van der Waals surface area contributed by atoms with Crippen LogP contribution in [-0.2, 0) is 6.54 Å². The maximum absolute atomic E-state index is 13.2. The molecule has 2 unspecified atom stereocenters. The summed E-state index contributed by atoms with van der Waals surface area (Å²) in [6, 6.07) is 4.60. The zero-order valence-corrected chi connectivity index (χ0v) is 9.15. The van der Waals surface area contributed by atoms with E-state index in [0.717, 1.165) is 23.5 Å². The van der Waals surface area contributed by atoms with Gasteiger partial charge >= 0.3 is 0 Å². The maximum atomic E-state index is 13.2. The predicted octanol–water partition coefficient (Wildman–Crippen LogP) is 2.41. The van der Waals surface area contributed by atoms with Crippen molar-refractivity contribution in [3.05, 3.63) is 24.0 Å². The van der Waals surface area contributed by atoms with E-state index < -0.39 is 0 Å². The number of hydrogen-bond donors (Lipinski definition) is 1. The monoisotopic (exact) mass is 219 g/mol. The van der Waals surface area contributed by atoms with Crippen LogP contribution in [0.3, 0.4) is 0 Å². The van der Waals surface area contributed by atoms with Crippen molar-refractivity contribution in [3.8, 4) is 0 Å². The highest BCUT2D eigenvalue weighted by atomic mass is 19.1. The summed E-state index contributed by atoms with van der Waals surface area (Å²) in [7, 11) is 0. The van der Waals surface area contributed by atoms with Crippen molar-refractivity contribution in [2.75, 3.05) is 5.73 Å². The Morgan fingerprint density at radius 1 is 1.56 bits per heavy atom. The number of nitrogens with two attached hydrogens (primary N) is 1. The second kappa shape index (κ2) is 3.20. The molecule has 1 aliphatic rings. The van der Waals surface area contributed by atoms with Gasteiger partial charge in [0.1, 0.15) is 5.82 Å². The van der Waals surface area contributed by atoms with Gasteiger partial charge in [0, 0.05) is 6.54 Å². The number of imidazole rings is 1. The number of benzene rings is 1. The van der Waals surface area contributed by atoms with Crippen LogP contribution in [0.2, 0.25) is 0 Å². The lowest BCUT2D eigenvalue weighted by molar-refractivity contribution is 0.607. The van der Waals surface area contributed by atoms with Gasteiger partial charge in [-0.1, -0.05) is 6.92 Å². The van der Waals surface area contributed by atoms with Crippen LogP contribution in [0.5, 0.6) is 0 Å². The molecule has 2 atom stereocenters. The quantitative estimate of drug-likeness (QED) is 0.842. The lowest BCUT2D eigenvalue weighted by atomic mass is 10.3. The van der Waals surface area contributed by atoms with Gasteiger partial charge in [-0.25, -0.2) is 9.37 Å². The SMILES string of the molecule is CC1CC1Cn1c(N)nc2ccc(F)cc21. The summed E-state index contributed by atoms with van der Waals surface area (Å²) >= 11 is 0. The molecular weight excluding hydrogens is 205 g/mol. The number of rotatable bonds is 2. The van der Waals surface area contributed by atoms with Gasteiger partial charge in [-0.05, 0) is 36.5 Å². The Bertz CT molecular complexity index is 546. The van der Waals surface area contributed by atoms with E-state index in [-0.39, 0.29) is 5.82 Å². The number of halogens is 1. The van der Waals surface area contributed by atoms with Gasteiger partial charge in [0.25, 0.3) is 0 Å². The van der Waals surface area contributed by atoms with Crippen molar-refractivity contribution in [2.24, 2.45) is 11.8 Å². The summed E-state index contributed by atoms with van der Waals surface area (Å²) in [5.41, 5.74) is 7.43. The van der Waals surface area contributed by atoms with Crippen molar-refractivity contribution in [2.45, 2.75) is 19.9 Å². The summed E-state index contributed by atoms with van der Waals surface area (Å²) in [5.74, 6) is 1.67. The standard InChI is InChI=1S/C12H14FN3/c1-7-4-8(7)6-16-11-5-9(13)2-3-10(11)15-12(16)14/h2-3,5,7-8H,4,6H2,1H3,(H2,14,15). The van der Waals surface area contributed by atoms with Crippen molar-refractivity contribution in [1.29, 1.82) is 0 Å². The third-order valence-electron chi connectivity index (χ3n) is 3.43. The third kappa shape index (κ3) is 1.45. The van der Waals surface area contributed by atoms with E-state index in [4.69, 9.17) is 5.73 Å². The zero-order chi connectivity index (χ0) is 11.3. The van der Waals surface area contributed by atoms with Crippen LogP contribution in [0.15, 0.2) is 18.2 Å². The molecular formula is C12H14FN3. The second-order valence-corrected chi connectivity index (χ2v) is 4.69. The smallest absolute Gasteiger partial charge is 0.201 e. The fraction of sp³-hybridized carbons (Fsp3) is 0.417. The van der Waals surface area contributed by atoms with E-state index >= 15 is 0 Å². The molecule has 1 heterocycles. The summed E-state index contributed by atoms with van der Waals surface area (Å²) in [6.07, 6.45) is 1.23. The minimum Gasteiger partial charge on any atom is -0.369 e. The van der Waals surface area contributed by atoms with E-state index in [9.17, 15) is 4.39 Å². The molecule has 16 heavy (non-hydrogen) atoms. The Morgan fingerprint density at radius 2 is 2.31 bits per heavy atom. The van der Waals surface area contributed by atoms with Crippen molar-refractivity contribution in [1.82, 2.24) is 9.55 Å². The van der Waals surface area contributed by atoms with E-state index in [1.807, 2.05) is 4.57 Å². The minimum atomic E-state index is -0.238. The third-order valence-corrected chi connectivity index (χ3v) is 3.43. The summed E-state index contributed by atoms with van der Waals surface area (Å²) in [6.45, 7) is 3.08. The fourth-order valence-corrected chi connectivity index (χ4v) is 2.19. The molecule has 0 radical (unpaired) electrons. The van der Waals surface area contributed by atoms with Gasteiger partial charge in [0.05, 0.1) is 11.0 Å². The van der Waals surface area contributed by atoms with Gasteiger partial charge in [-0.15, -0.1) is 0 Å². The molecule has 4 heteroatoms. The average molecular weight is 219 g/mol. The number of hydrogen-bond acceptors (Lipinski definition) is 2. The molecule has 1 aromatic carbocycles. The lowest BCUT2D eigenvalue weighted by Crippen LogP contribution is -2.05. The van der Waals surface area contributed by atoms with E-state index in [0.29, 0.717) is 11.9 Å². The first kappa shape index (κ1) is 9.63. The molecule has 2 aromatic rings. The van der Waals surface area contributed by atoms with E-state index in [1.165, 1.54) is 18.6 Å². The Morgan fingerprint density at radius 3 is 3.00 bits per heavy atom. The zero-order valence-electron chi connectivity index (χ0n) is 9.15. The first-order chi connectivity index (χ1) is 7.65. The fourth-order valence-electron chi connectivity index (χ4n) is 2.19. The highest BCUT2D eigenvalue weighted by Gasteiger charge is 2.33. The predicted molar refractivity (Wildman–Crippen MR) is 61.4 cm³/mol. The van der Waals surface area contributed by atoms with Crippen LogP contribution in [-0.4, -0.2) is 9.55 Å². The van der Waals surface area contributed by atoms with Crippen LogP contribution in [0.25, 0.3) is 11.0 Å². The van der Waals surface area contributed by atoms with Gasteiger partial charge in [-0.3, -0.25) is 0 Å². The average Bonchev–Trinajstić information content (AvgIpc) is 2.84. The van der Waals surface area contributed by atoms with Crippen molar-refractivity contribution >= 4 is 17.0 Å². The van der Waals surface area contributed by atoms with Gasteiger partial charge < -0.3 is 10.3 Å². The molecule has 1 aromatic heterocycles. The van der Waals surface area contributed by atoms with Crippen molar-refractivity contribution in [3.63, 3.8) is 0 Å². The van der Waals surface area contributed by atoms with Gasteiger partial charge in [0.15, 0.2) is 0 Å². The molecule has 0 saturated heterocycles. The molecule has 0 spiro atoms. The molecule has 2 N–H and O–H groups in total. The van der Waals surface area contributed by atoms with Crippen LogP contribution >= 0.6 is 0 Å². The Balaban J connectivity index is 2.07. The van der Waals surface area contributed by atoms with E-state index in [1.54, 1.807) is 6.07 Å². The molecule has 1 aliphatic carbocycles. The summed E-state index contributed by atoms with van der Waals surface area (Å²) in [5, 5.41) is 0. The Hall–Kier alpha value is -1.58. The number of aromatic nitrogens is 2. The number of nitrogen functional groups attached to an aromatic ring is 1. The normalized spacial score (nSPS) is 23.9. The Kier molecular flexibility index (Phi) is 1.93. The number of fused-ring (bicyclic) bond motifs is 1. The first-order valence-electron chi connectivity index (χ1n) is 5.56. The van der Waals surface area contributed by atoms with Gasteiger partial charge in [-0.2, -0.15) is 0 Å². The van der Waals surface area contributed by atoms with E-state index in [2.05, 4.69) is 11.9 Å². The summed E-state index contributed by atoms with van der Waals surface area (Å²) < 4.78 is 15.1. The molecule has 1 saturated carbocycles. The minimum absolute atomic E-state index is 0.238. The van der Waals surface area contributed by atoms with Crippen LogP contribution in [0.4, 0.5) is 10.3 Å². The summed E-state index contributed by atoms with van der Waals surface area (Å²) in [4.78, 5) is 4.23. The van der Waals surface area contributed by atoms with Crippen LogP contribution in [0, 0.1) is 17.7 Å².